The van der Waals surface area contributed by atoms with Gasteiger partial charge in [0.25, 0.3) is 0 Å². The summed E-state index contributed by atoms with van der Waals surface area (Å²) in [5.74, 6) is 0.313. The molecule has 180 valence electrons. The summed E-state index contributed by atoms with van der Waals surface area (Å²) in [5.41, 5.74) is 7.91. The lowest BCUT2D eigenvalue weighted by molar-refractivity contribution is -0.134. The van der Waals surface area contributed by atoms with Crippen LogP contribution in [0.5, 0.6) is 5.75 Å². The number of hydrogen-bond donors (Lipinski definition) is 0. The van der Waals surface area contributed by atoms with Crippen molar-refractivity contribution in [3.05, 3.63) is 133 Å². The van der Waals surface area contributed by atoms with Crippen molar-refractivity contribution in [2.75, 3.05) is 11.5 Å². The molecule has 4 heteroatoms. The van der Waals surface area contributed by atoms with Gasteiger partial charge >= 0.3 is 5.97 Å². The van der Waals surface area contributed by atoms with Gasteiger partial charge in [0, 0.05) is 23.1 Å². The molecule has 0 unspecified atom stereocenters. The van der Waals surface area contributed by atoms with Crippen molar-refractivity contribution in [3.8, 4) is 16.9 Å². The van der Waals surface area contributed by atoms with Crippen LogP contribution in [0.15, 0.2) is 122 Å². The molecule has 36 heavy (non-hydrogen) atoms. The Balaban J connectivity index is 1.58. The zero-order chi connectivity index (χ0) is 25.5. The molecule has 0 aliphatic carbocycles. The largest absolute Gasteiger partial charge is 0.486 e. The van der Waals surface area contributed by atoms with Crippen molar-refractivity contribution < 1.29 is 14.3 Å². The molecule has 0 aliphatic heterocycles. The minimum atomic E-state index is -0.555. The maximum Gasteiger partial charge on any atom is 0.335 e. The number of anilines is 3. The summed E-state index contributed by atoms with van der Waals surface area (Å²) in [6.07, 6.45) is 1.09. The first-order valence-corrected chi connectivity index (χ1v) is 11.7. The molecule has 0 aliphatic rings. The molecule has 0 atom stereocenters. The molecule has 0 spiro atoms. The average molecular weight is 476 g/mol. The van der Waals surface area contributed by atoms with Crippen molar-refractivity contribution in [2.45, 2.75) is 13.8 Å². The summed E-state index contributed by atoms with van der Waals surface area (Å²) in [4.78, 5) is 13.5. The molecular formula is C32H29NO3. The molecule has 0 N–H and O–H groups in total. The molecule has 0 saturated heterocycles. The molecule has 0 fully saturated rings. The molecule has 4 aromatic rings. The average Bonchev–Trinajstić information content (AvgIpc) is 2.90. The van der Waals surface area contributed by atoms with Gasteiger partial charge in [-0.2, -0.15) is 0 Å². The summed E-state index contributed by atoms with van der Waals surface area (Å²) in [7, 11) is 0. The van der Waals surface area contributed by atoms with E-state index in [-0.39, 0.29) is 12.4 Å². The third-order valence-electron chi connectivity index (χ3n) is 5.71. The number of esters is 1. The Hall–Kier alpha value is -4.57. The highest BCUT2D eigenvalue weighted by molar-refractivity contribution is 5.82. The number of aryl methyl sites for hydroxylation is 2. The highest BCUT2D eigenvalue weighted by Crippen LogP contribution is 2.36. The van der Waals surface area contributed by atoms with Crippen LogP contribution in [-0.4, -0.2) is 12.6 Å². The summed E-state index contributed by atoms with van der Waals surface area (Å²) < 4.78 is 10.7. The van der Waals surface area contributed by atoms with Crippen LogP contribution in [-0.2, 0) is 9.53 Å². The predicted molar refractivity (Wildman–Crippen MR) is 147 cm³/mol. The van der Waals surface area contributed by atoms with E-state index in [2.05, 4.69) is 105 Å². The van der Waals surface area contributed by atoms with Crippen molar-refractivity contribution in [2.24, 2.45) is 0 Å². The molecular weight excluding hydrogens is 446 g/mol. The van der Waals surface area contributed by atoms with Gasteiger partial charge in [0.05, 0.1) is 0 Å². The number of rotatable bonds is 9. The van der Waals surface area contributed by atoms with Crippen molar-refractivity contribution in [3.63, 3.8) is 0 Å². The fourth-order valence-electron chi connectivity index (χ4n) is 3.76. The Labute approximate surface area is 212 Å². The Bertz CT molecular complexity index is 1340. The Morgan fingerprint density at radius 2 is 1.14 bits per heavy atom. The molecule has 0 heterocycles. The highest BCUT2D eigenvalue weighted by atomic mass is 16.6. The molecule has 0 saturated carbocycles. The van der Waals surface area contributed by atoms with Gasteiger partial charge < -0.3 is 14.4 Å². The zero-order valence-corrected chi connectivity index (χ0v) is 20.6. The van der Waals surface area contributed by atoms with E-state index in [0.717, 1.165) is 23.1 Å². The third kappa shape index (κ3) is 6.10. The van der Waals surface area contributed by atoms with Gasteiger partial charge in [-0.25, -0.2) is 4.79 Å². The van der Waals surface area contributed by atoms with E-state index in [1.54, 1.807) is 0 Å². The third-order valence-corrected chi connectivity index (χ3v) is 5.71. The number of hydrogen-bond acceptors (Lipinski definition) is 4. The second kappa shape index (κ2) is 11.2. The summed E-state index contributed by atoms with van der Waals surface area (Å²) >= 11 is 0. The van der Waals surface area contributed by atoms with E-state index in [1.807, 2.05) is 24.3 Å². The second-order valence-electron chi connectivity index (χ2n) is 8.53. The van der Waals surface area contributed by atoms with E-state index in [4.69, 9.17) is 9.47 Å². The SMILES string of the molecule is C=CC(=O)OC(=C)COc1ccc(N(c2ccc(C)cc2)c2ccc(-c3ccc(C)cc3)cc2)cc1. The van der Waals surface area contributed by atoms with E-state index < -0.39 is 5.97 Å². The van der Waals surface area contributed by atoms with Gasteiger partial charge in [-0.1, -0.05) is 72.8 Å². The van der Waals surface area contributed by atoms with Gasteiger partial charge in [-0.3, -0.25) is 0 Å². The van der Waals surface area contributed by atoms with Crippen LogP contribution in [0.2, 0.25) is 0 Å². The van der Waals surface area contributed by atoms with Crippen LogP contribution in [0.1, 0.15) is 11.1 Å². The first-order valence-electron chi connectivity index (χ1n) is 11.7. The molecule has 0 amide bonds. The zero-order valence-electron chi connectivity index (χ0n) is 20.6. The normalized spacial score (nSPS) is 10.4. The molecule has 0 aromatic heterocycles. The van der Waals surface area contributed by atoms with Gasteiger partial charge in [0.1, 0.15) is 18.1 Å². The van der Waals surface area contributed by atoms with Crippen molar-refractivity contribution >= 4 is 23.0 Å². The van der Waals surface area contributed by atoms with E-state index in [0.29, 0.717) is 5.75 Å². The monoisotopic (exact) mass is 475 g/mol. The quantitative estimate of drug-likeness (QED) is 0.139. The minimum absolute atomic E-state index is 0.0705. The summed E-state index contributed by atoms with van der Waals surface area (Å²) in [5, 5.41) is 0. The molecule has 0 radical (unpaired) electrons. The van der Waals surface area contributed by atoms with Crippen LogP contribution < -0.4 is 9.64 Å². The van der Waals surface area contributed by atoms with Crippen LogP contribution in [0, 0.1) is 13.8 Å². The predicted octanol–water partition coefficient (Wildman–Crippen LogP) is 8.06. The second-order valence-corrected chi connectivity index (χ2v) is 8.53. The van der Waals surface area contributed by atoms with Crippen molar-refractivity contribution in [1.82, 2.24) is 0 Å². The number of carbonyl (C=O) groups is 1. The highest BCUT2D eigenvalue weighted by Gasteiger charge is 2.13. The summed E-state index contributed by atoms with van der Waals surface area (Å²) in [6.45, 7) is 11.3. The number of carbonyl (C=O) groups excluding carboxylic acids is 1. The lowest BCUT2D eigenvalue weighted by Gasteiger charge is -2.26. The van der Waals surface area contributed by atoms with E-state index in [1.165, 1.54) is 22.3 Å². The van der Waals surface area contributed by atoms with Crippen LogP contribution in [0.25, 0.3) is 11.1 Å². The van der Waals surface area contributed by atoms with Gasteiger partial charge in [-0.15, -0.1) is 0 Å². The maximum absolute atomic E-state index is 11.3. The fourth-order valence-corrected chi connectivity index (χ4v) is 3.76. The van der Waals surface area contributed by atoms with E-state index in [9.17, 15) is 4.79 Å². The number of benzene rings is 4. The van der Waals surface area contributed by atoms with E-state index >= 15 is 0 Å². The first kappa shape index (κ1) is 24.6. The smallest absolute Gasteiger partial charge is 0.335 e. The fraction of sp³-hybridized carbons (Fsp3) is 0.0938. The molecule has 0 bridgehead atoms. The topological polar surface area (TPSA) is 38.8 Å². The Morgan fingerprint density at radius 1 is 0.722 bits per heavy atom. The molecule has 4 rings (SSSR count). The Kier molecular flexibility index (Phi) is 7.66. The lowest BCUT2D eigenvalue weighted by atomic mass is 10.0. The van der Waals surface area contributed by atoms with Crippen LogP contribution in [0.4, 0.5) is 17.1 Å². The number of nitrogens with zero attached hydrogens (tertiary/aromatic N) is 1. The minimum Gasteiger partial charge on any atom is -0.486 e. The summed E-state index contributed by atoms with van der Waals surface area (Å²) in [6, 6.07) is 33.3. The first-order chi connectivity index (χ1) is 17.4. The van der Waals surface area contributed by atoms with Gasteiger partial charge in [0.2, 0.25) is 0 Å². The molecule has 4 nitrogen and oxygen atoms in total. The lowest BCUT2D eigenvalue weighted by Crippen LogP contribution is -2.10. The van der Waals surface area contributed by atoms with Gasteiger partial charge in [0.15, 0.2) is 0 Å². The standard InChI is InChI=1S/C32H29NO3/c1-5-32(34)36-25(4)22-35-31-20-18-30(19-21-31)33(28-14-8-24(3)9-15-28)29-16-12-27(13-17-29)26-10-6-23(2)7-11-26/h5-21H,1,4,22H2,2-3H3. The van der Waals surface area contributed by atoms with Crippen molar-refractivity contribution in [1.29, 1.82) is 0 Å². The number of ether oxygens (including phenoxy) is 2. The maximum atomic E-state index is 11.3. The molecule has 4 aromatic carbocycles. The Morgan fingerprint density at radius 3 is 1.64 bits per heavy atom. The van der Waals surface area contributed by atoms with Crippen LogP contribution >= 0.6 is 0 Å². The van der Waals surface area contributed by atoms with Crippen LogP contribution in [0.3, 0.4) is 0 Å². The van der Waals surface area contributed by atoms with Gasteiger partial charge in [-0.05, 0) is 73.5 Å².